The Labute approximate surface area is 111 Å². The minimum atomic E-state index is -0.776. The van der Waals surface area contributed by atoms with Crippen LogP contribution in [0.25, 0.3) is 0 Å². The maximum atomic E-state index is 13.9. The number of nitrogens with two attached hydrogens (primary N) is 1. The molecule has 1 unspecified atom stereocenters. The van der Waals surface area contributed by atoms with Gasteiger partial charge in [0, 0.05) is 13.3 Å². The normalized spacial score (nSPS) is 12.3. The maximum absolute atomic E-state index is 13.9. The molecular formula is C12H19FN4O2. The van der Waals surface area contributed by atoms with Crippen LogP contribution in [0.4, 0.5) is 10.2 Å². The predicted molar refractivity (Wildman–Crippen MR) is 70.0 cm³/mol. The summed E-state index contributed by atoms with van der Waals surface area (Å²) in [6, 6.07) is 1.11. The Kier molecular flexibility index (Phi) is 5.65. The van der Waals surface area contributed by atoms with Crippen LogP contribution in [0, 0.1) is 11.7 Å². The number of ether oxygens (including phenoxy) is 1. The van der Waals surface area contributed by atoms with Crippen LogP contribution in [0.2, 0.25) is 0 Å². The minimum Gasteiger partial charge on any atom is -0.383 e. The number of halogens is 1. The molecule has 0 aliphatic heterocycles. The Morgan fingerprint density at radius 3 is 2.79 bits per heavy atom. The van der Waals surface area contributed by atoms with Crippen LogP contribution in [-0.4, -0.2) is 30.6 Å². The van der Waals surface area contributed by atoms with Crippen molar-refractivity contribution < 1.29 is 13.9 Å². The molecule has 4 N–H and O–H groups in total. The number of nitrogens with zero attached hydrogens (tertiary/aromatic N) is 1. The van der Waals surface area contributed by atoms with Gasteiger partial charge >= 0.3 is 0 Å². The van der Waals surface area contributed by atoms with Gasteiger partial charge in [0.15, 0.2) is 11.6 Å². The van der Waals surface area contributed by atoms with Crippen molar-refractivity contribution in [2.75, 3.05) is 19.1 Å². The van der Waals surface area contributed by atoms with E-state index in [2.05, 4.69) is 15.7 Å². The fourth-order valence-electron chi connectivity index (χ4n) is 1.55. The van der Waals surface area contributed by atoms with Gasteiger partial charge in [0.05, 0.1) is 18.2 Å². The van der Waals surface area contributed by atoms with Gasteiger partial charge < -0.3 is 15.5 Å². The molecule has 1 aromatic heterocycles. The topological polar surface area (TPSA) is 89.3 Å². The Morgan fingerprint density at radius 2 is 2.26 bits per heavy atom. The van der Waals surface area contributed by atoms with E-state index in [0.29, 0.717) is 6.61 Å². The van der Waals surface area contributed by atoms with E-state index in [9.17, 15) is 9.18 Å². The summed E-state index contributed by atoms with van der Waals surface area (Å²) in [4.78, 5) is 15.7. The van der Waals surface area contributed by atoms with E-state index in [0.717, 1.165) is 0 Å². The summed E-state index contributed by atoms with van der Waals surface area (Å²) in [6.07, 6.45) is 1.31. The molecule has 0 radical (unpaired) electrons. The van der Waals surface area contributed by atoms with Crippen LogP contribution in [0.15, 0.2) is 12.3 Å². The third-order valence-electron chi connectivity index (χ3n) is 2.74. The molecular weight excluding hydrogens is 251 g/mol. The summed E-state index contributed by atoms with van der Waals surface area (Å²) in [6.45, 7) is 4.25. The lowest BCUT2D eigenvalue weighted by Gasteiger charge is -2.21. The van der Waals surface area contributed by atoms with Gasteiger partial charge in [-0.25, -0.2) is 15.2 Å². The minimum absolute atomic E-state index is 0.107. The fraction of sp³-hybridized carbons (Fsp3) is 0.500. The number of nitrogen functional groups attached to an aromatic ring is 1. The summed E-state index contributed by atoms with van der Waals surface area (Å²) in [5, 5.41) is 2.73. The largest absolute Gasteiger partial charge is 0.383 e. The molecule has 1 rings (SSSR count). The van der Waals surface area contributed by atoms with Gasteiger partial charge in [0.25, 0.3) is 5.91 Å². The standard InChI is InChI=1S/C12H19FN4O2/c1-7(2)9(6-19-3)16-12(18)8-4-5-15-11(17-14)10(8)13/h4-5,7,9H,6,14H2,1-3H3,(H,15,17)(H,16,18). The number of aromatic nitrogens is 1. The molecule has 0 aromatic carbocycles. The monoisotopic (exact) mass is 270 g/mol. The fourth-order valence-corrected chi connectivity index (χ4v) is 1.55. The van der Waals surface area contributed by atoms with E-state index in [1.165, 1.54) is 12.3 Å². The average Bonchev–Trinajstić information content (AvgIpc) is 2.38. The Morgan fingerprint density at radius 1 is 1.58 bits per heavy atom. The molecule has 0 fully saturated rings. The number of nitrogens with one attached hydrogen (secondary N) is 2. The molecule has 0 aliphatic carbocycles. The summed E-state index contributed by atoms with van der Waals surface area (Å²) in [5.74, 6) is 3.82. The molecule has 0 saturated carbocycles. The molecule has 1 aromatic rings. The van der Waals surface area contributed by atoms with E-state index in [4.69, 9.17) is 10.6 Å². The number of hydrogen-bond acceptors (Lipinski definition) is 5. The summed E-state index contributed by atoms with van der Waals surface area (Å²) in [5.41, 5.74) is 1.99. The first-order valence-electron chi connectivity index (χ1n) is 5.92. The molecule has 6 nitrogen and oxygen atoms in total. The summed E-state index contributed by atoms with van der Waals surface area (Å²) < 4.78 is 18.9. The van der Waals surface area contributed by atoms with E-state index in [1.807, 2.05) is 13.8 Å². The highest BCUT2D eigenvalue weighted by atomic mass is 19.1. The lowest BCUT2D eigenvalue weighted by molar-refractivity contribution is 0.0862. The van der Waals surface area contributed by atoms with Gasteiger partial charge in [0.2, 0.25) is 0 Å². The number of carbonyl (C=O) groups is 1. The summed E-state index contributed by atoms with van der Waals surface area (Å²) >= 11 is 0. The van der Waals surface area contributed by atoms with E-state index < -0.39 is 11.7 Å². The highest BCUT2D eigenvalue weighted by Crippen LogP contribution is 2.14. The van der Waals surface area contributed by atoms with Gasteiger partial charge in [-0.1, -0.05) is 13.8 Å². The molecule has 0 aliphatic rings. The van der Waals surface area contributed by atoms with Crippen molar-refractivity contribution in [1.29, 1.82) is 0 Å². The first kappa shape index (κ1) is 15.3. The van der Waals surface area contributed by atoms with E-state index in [1.54, 1.807) is 7.11 Å². The van der Waals surface area contributed by atoms with Crippen molar-refractivity contribution in [3.8, 4) is 0 Å². The van der Waals surface area contributed by atoms with Gasteiger partial charge in [-0.15, -0.1) is 0 Å². The van der Waals surface area contributed by atoms with Crippen LogP contribution < -0.4 is 16.6 Å². The quantitative estimate of drug-likeness (QED) is 0.528. The Bertz CT molecular complexity index is 440. The number of anilines is 1. The molecule has 0 bridgehead atoms. The third kappa shape index (κ3) is 3.87. The van der Waals surface area contributed by atoms with Crippen molar-refractivity contribution in [2.24, 2.45) is 11.8 Å². The number of carbonyl (C=O) groups excluding carboxylic acids is 1. The van der Waals surface area contributed by atoms with Crippen molar-refractivity contribution in [3.05, 3.63) is 23.6 Å². The predicted octanol–water partition coefficient (Wildman–Crippen LogP) is 0.907. The van der Waals surface area contributed by atoms with Gasteiger partial charge in [-0.05, 0) is 12.0 Å². The van der Waals surface area contributed by atoms with E-state index in [-0.39, 0.29) is 23.3 Å². The second-order valence-corrected chi connectivity index (χ2v) is 4.44. The molecule has 1 atom stereocenters. The Balaban J connectivity index is 2.88. The van der Waals surface area contributed by atoms with Crippen LogP contribution >= 0.6 is 0 Å². The van der Waals surface area contributed by atoms with Crippen LogP contribution in [-0.2, 0) is 4.74 Å². The van der Waals surface area contributed by atoms with Crippen molar-refractivity contribution in [1.82, 2.24) is 10.3 Å². The third-order valence-corrected chi connectivity index (χ3v) is 2.74. The number of hydrazine groups is 1. The number of pyridine rings is 1. The van der Waals surface area contributed by atoms with Crippen LogP contribution in [0.1, 0.15) is 24.2 Å². The van der Waals surface area contributed by atoms with E-state index >= 15 is 0 Å². The molecule has 1 heterocycles. The van der Waals surface area contributed by atoms with Crippen LogP contribution in [0.5, 0.6) is 0 Å². The first-order chi connectivity index (χ1) is 9.01. The number of amides is 1. The molecule has 0 spiro atoms. The van der Waals surface area contributed by atoms with Crippen molar-refractivity contribution >= 4 is 11.7 Å². The molecule has 19 heavy (non-hydrogen) atoms. The highest BCUT2D eigenvalue weighted by molar-refractivity contribution is 5.95. The lowest BCUT2D eigenvalue weighted by atomic mass is 10.0. The maximum Gasteiger partial charge on any atom is 0.254 e. The zero-order valence-electron chi connectivity index (χ0n) is 11.2. The zero-order chi connectivity index (χ0) is 14.4. The SMILES string of the molecule is COCC(NC(=O)c1ccnc(NN)c1F)C(C)C. The van der Waals surface area contributed by atoms with Gasteiger partial charge in [-0.2, -0.15) is 0 Å². The molecule has 0 saturated heterocycles. The van der Waals surface area contributed by atoms with Gasteiger partial charge in [0.1, 0.15) is 0 Å². The average molecular weight is 270 g/mol. The lowest BCUT2D eigenvalue weighted by Crippen LogP contribution is -2.42. The zero-order valence-corrected chi connectivity index (χ0v) is 11.2. The van der Waals surface area contributed by atoms with Gasteiger partial charge in [-0.3, -0.25) is 4.79 Å². The second kappa shape index (κ2) is 7.01. The number of methoxy groups -OCH3 is 1. The summed E-state index contributed by atoms with van der Waals surface area (Å²) in [7, 11) is 1.55. The second-order valence-electron chi connectivity index (χ2n) is 4.44. The molecule has 106 valence electrons. The first-order valence-corrected chi connectivity index (χ1v) is 5.92. The highest BCUT2D eigenvalue weighted by Gasteiger charge is 2.20. The smallest absolute Gasteiger partial charge is 0.254 e. The molecule has 1 amide bonds. The van der Waals surface area contributed by atoms with Crippen LogP contribution in [0.3, 0.4) is 0 Å². The van der Waals surface area contributed by atoms with Crippen molar-refractivity contribution in [3.63, 3.8) is 0 Å². The number of hydrogen-bond donors (Lipinski definition) is 3. The number of rotatable bonds is 6. The van der Waals surface area contributed by atoms with Crippen molar-refractivity contribution in [2.45, 2.75) is 19.9 Å². The molecule has 7 heteroatoms. The Hall–Kier alpha value is -1.73.